The number of rotatable bonds is 10. The molecular weight excluding hydrogens is 559 g/mol. The SMILES string of the molecule is CN/C=C(/Nc1nc(Nc2cc(C)c(C3CCNCC3)cc2OC2CC2)ncc1C(F)(F)F)C(=N)S(=O)(=O)C(C)C. The molecule has 1 aromatic carbocycles. The van der Waals surface area contributed by atoms with Gasteiger partial charge in [0.15, 0.2) is 14.9 Å². The molecule has 5 N–H and O–H groups in total. The van der Waals surface area contributed by atoms with Crippen LogP contribution in [-0.4, -0.2) is 54.9 Å². The third kappa shape index (κ3) is 7.28. The molecule has 1 aliphatic carbocycles. The van der Waals surface area contributed by atoms with Gasteiger partial charge in [0.05, 0.1) is 22.7 Å². The van der Waals surface area contributed by atoms with Crippen molar-refractivity contribution in [2.24, 2.45) is 0 Å². The van der Waals surface area contributed by atoms with Gasteiger partial charge in [-0.2, -0.15) is 18.2 Å². The Morgan fingerprint density at radius 3 is 2.46 bits per heavy atom. The van der Waals surface area contributed by atoms with Crippen LogP contribution in [0.3, 0.4) is 0 Å². The smallest absolute Gasteiger partial charge is 0.421 e. The zero-order chi connectivity index (χ0) is 29.9. The monoisotopic (exact) mass is 595 g/mol. The van der Waals surface area contributed by atoms with Crippen molar-refractivity contribution in [1.29, 1.82) is 5.41 Å². The molecule has 0 bridgehead atoms. The van der Waals surface area contributed by atoms with E-state index < -0.39 is 43.4 Å². The molecule has 1 aliphatic heterocycles. The number of sulfone groups is 1. The van der Waals surface area contributed by atoms with Gasteiger partial charge in [0.2, 0.25) is 5.95 Å². The summed E-state index contributed by atoms with van der Waals surface area (Å²) in [5.74, 6) is 0.0927. The largest absolute Gasteiger partial charge is 0.488 e. The van der Waals surface area contributed by atoms with Gasteiger partial charge in [-0.3, -0.25) is 5.41 Å². The third-order valence-electron chi connectivity index (χ3n) is 7.00. The highest BCUT2D eigenvalue weighted by Crippen LogP contribution is 2.40. The molecule has 2 heterocycles. The summed E-state index contributed by atoms with van der Waals surface area (Å²) in [5.41, 5.74) is 1.09. The first kappa shape index (κ1) is 30.6. The molecule has 4 rings (SSSR count). The van der Waals surface area contributed by atoms with Gasteiger partial charge in [0.25, 0.3) is 0 Å². The number of halogens is 3. The third-order valence-corrected chi connectivity index (χ3v) is 9.03. The molecule has 1 aromatic heterocycles. The molecule has 224 valence electrons. The number of aryl methyl sites for hydroxylation is 1. The summed E-state index contributed by atoms with van der Waals surface area (Å²) in [5, 5.41) is 17.7. The minimum atomic E-state index is -4.85. The molecule has 2 fully saturated rings. The molecule has 0 atom stereocenters. The second-order valence-electron chi connectivity index (χ2n) is 10.5. The summed E-state index contributed by atoms with van der Waals surface area (Å²) in [6, 6.07) is 3.89. The van der Waals surface area contributed by atoms with Gasteiger partial charge in [0, 0.05) is 19.4 Å². The Morgan fingerprint density at radius 2 is 1.88 bits per heavy atom. The number of anilines is 3. The molecule has 0 radical (unpaired) electrons. The maximum atomic E-state index is 13.9. The van der Waals surface area contributed by atoms with E-state index in [-0.39, 0.29) is 12.1 Å². The highest BCUT2D eigenvalue weighted by Gasteiger charge is 2.37. The highest BCUT2D eigenvalue weighted by molar-refractivity contribution is 8.07. The standard InChI is InChI=1S/C27H36F3N7O3S/c1-15(2)41(38,39)24(31)22(14-32-4)35-25-20(27(28,29)30)13-34-26(37-25)36-21-11-16(3)19(17-7-9-33-10-8-17)12-23(21)40-18-5-6-18/h11-15,17-18,31-33H,5-10H2,1-4H3,(H2,34,35,36,37)/b22-14+,31-24?. The second-order valence-corrected chi connectivity index (χ2v) is 13.0. The Balaban J connectivity index is 1.71. The Bertz CT molecular complexity index is 1420. The lowest BCUT2D eigenvalue weighted by molar-refractivity contribution is -0.137. The Labute approximate surface area is 238 Å². The van der Waals surface area contributed by atoms with E-state index in [1.165, 1.54) is 26.5 Å². The molecule has 0 amide bonds. The normalized spacial score (nSPS) is 16.9. The molecule has 1 saturated heterocycles. The zero-order valence-corrected chi connectivity index (χ0v) is 24.3. The number of benzene rings is 1. The van der Waals surface area contributed by atoms with Crippen LogP contribution in [0.2, 0.25) is 0 Å². The van der Waals surface area contributed by atoms with E-state index in [4.69, 9.17) is 10.1 Å². The fourth-order valence-electron chi connectivity index (χ4n) is 4.52. The predicted molar refractivity (Wildman–Crippen MR) is 153 cm³/mol. The van der Waals surface area contributed by atoms with E-state index in [0.29, 0.717) is 23.6 Å². The summed E-state index contributed by atoms with van der Waals surface area (Å²) >= 11 is 0. The van der Waals surface area contributed by atoms with E-state index in [0.717, 1.165) is 50.5 Å². The molecule has 14 heteroatoms. The Kier molecular flexibility index (Phi) is 9.12. The van der Waals surface area contributed by atoms with Gasteiger partial charge < -0.3 is 26.0 Å². The maximum absolute atomic E-state index is 13.9. The Morgan fingerprint density at radius 1 is 1.20 bits per heavy atom. The lowest BCUT2D eigenvalue weighted by Crippen LogP contribution is -2.29. The van der Waals surface area contributed by atoms with E-state index in [1.54, 1.807) is 0 Å². The van der Waals surface area contributed by atoms with Crippen molar-refractivity contribution in [3.8, 4) is 5.75 Å². The van der Waals surface area contributed by atoms with Crippen LogP contribution in [0, 0.1) is 12.3 Å². The summed E-state index contributed by atoms with van der Waals surface area (Å²) < 4.78 is 73.2. The number of alkyl halides is 3. The highest BCUT2D eigenvalue weighted by atomic mass is 32.2. The van der Waals surface area contributed by atoms with Gasteiger partial charge >= 0.3 is 6.18 Å². The van der Waals surface area contributed by atoms with Crippen molar-refractivity contribution in [3.05, 3.63) is 46.9 Å². The van der Waals surface area contributed by atoms with Gasteiger partial charge in [-0.1, -0.05) is 0 Å². The fourth-order valence-corrected chi connectivity index (χ4v) is 5.41. The van der Waals surface area contributed by atoms with Gasteiger partial charge in [-0.25, -0.2) is 13.4 Å². The van der Waals surface area contributed by atoms with Crippen LogP contribution in [0.1, 0.15) is 62.1 Å². The number of hydrogen-bond acceptors (Lipinski definition) is 10. The lowest BCUT2D eigenvalue weighted by atomic mass is 9.87. The first-order chi connectivity index (χ1) is 19.3. The lowest BCUT2D eigenvalue weighted by Gasteiger charge is -2.26. The van der Waals surface area contributed by atoms with Crippen molar-refractivity contribution in [1.82, 2.24) is 20.6 Å². The van der Waals surface area contributed by atoms with Crippen molar-refractivity contribution in [2.75, 3.05) is 30.8 Å². The molecule has 0 unspecified atom stereocenters. The first-order valence-corrected chi connectivity index (χ1v) is 15.1. The average Bonchev–Trinajstić information content (AvgIpc) is 3.73. The van der Waals surface area contributed by atoms with Crippen LogP contribution in [0.15, 0.2) is 30.2 Å². The molecule has 0 spiro atoms. The number of hydrogen-bond donors (Lipinski definition) is 5. The minimum absolute atomic E-state index is 0.0769. The van der Waals surface area contributed by atoms with Crippen LogP contribution in [0.4, 0.5) is 30.6 Å². The van der Waals surface area contributed by atoms with Crippen molar-refractivity contribution < 1.29 is 26.3 Å². The summed E-state index contributed by atoms with van der Waals surface area (Å²) in [7, 11) is -2.67. The van der Waals surface area contributed by atoms with E-state index >= 15 is 0 Å². The molecular formula is C27H36F3N7O3S. The Hall–Kier alpha value is -3.39. The van der Waals surface area contributed by atoms with Gasteiger partial charge in [-0.15, -0.1) is 0 Å². The second kappa shape index (κ2) is 12.2. The number of piperidine rings is 1. The van der Waals surface area contributed by atoms with E-state index in [9.17, 15) is 21.6 Å². The van der Waals surface area contributed by atoms with Crippen molar-refractivity contribution >= 4 is 32.3 Å². The van der Waals surface area contributed by atoms with Crippen LogP contribution in [0.25, 0.3) is 0 Å². The molecule has 10 nitrogen and oxygen atoms in total. The van der Waals surface area contributed by atoms with Crippen molar-refractivity contribution in [2.45, 2.75) is 69.9 Å². The fraction of sp³-hybridized carbons (Fsp3) is 0.519. The zero-order valence-electron chi connectivity index (χ0n) is 23.4. The molecule has 2 aromatic rings. The summed E-state index contributed by atoms with van der Waals surface area (Å²) in [6.45, 7) is 6.61. The quantitative estimate of drug-likeness (QED) is 0.193. The number of ether oxygens (including phenoxy) is 1. The minimum Gasteiger partial charge on any atom is -0.488 e. The topological polar surface area (TPSA) is 141 Å². The van der Waals surface area contributed by atoms with Crippen LogP contribution >= 0.6 is 0 Å². The summed E-state index contributed by atoms with van der Waals surface area (Å²) in [4.78, 5) is 7.97. The molecule has 2 aliphatic rings. The number of nitrogens with zero attached hydrogens (tertiary/aromatic N) is 2. The summed E-state index contributed by atoms with van der Waals surface area (Å²) in [6.07, 6.45) is 0.787. The first-order valence-electron chi connectivity index (χ1n) is 13.5. The molecule has 41 heavy (non-hydrogen) atoms. The predicted octanol–water partition coefficient (Wildman–Crippen LogP) is 4.83. The van der Waals surface area contributed by atoms with Crippen LogP contribution in [-0.2, 0) is 16.0 Å². The van der Waals surface area contributed by atoms with E-state index in [2.05, 4.69) is 31.2 Å². The van der Waals surface area contributed by atoms with Crippen LogP contribution < -0.4 is 26.0 Å². The molecule has 1 saturated carbocycles. The number of aromatic nitrogens is 2. The van der Waals surface area contributed by atoms with Gasteiger partial charge in [-0.05, 0) is 88.7 Å². The maximum Gasteiger partial charge on any atom is 0.421 e. The number of nitrogens with one attached hydrogen (secondary N) is 5. The van der Waals surface area contributed by atoms with Crippen LogP contribution in [0.5, 0.6) is 5.75 Å². The average molecular weight is 596 g/mol. The van der Waals surface area contributed by atoms with Crippen molar-refractivity contribution in [3.63, 3.8) is 0 Å². The van der Waals surface area contributed by atoms with E-state index in [1.807, 2.05) is 19.1 Å². The van der Waals surface area contributed by atoms with Gasteiger partial charge in [0.1, 0.15) is 17.1 Å².